The zero-order valence-corrected chi connectivity index (χ0v) is 24.6. The third kappa shape index (κ3) is 4.02. The number of nitrogens with zero attached hydrogens (tertiary/aromatic N) is 4. The summed E-state index contributed by atoms with van der Waals surface area (Å²) in [4.78, 5) is 8.89. The molecule has 43 heavy (non-hydrogen) atoms. The molecular weight excluding hydrogens is 532 g/mol. The highest BCUT2D eigenvalue weighted by Gasteiger charge is 2.23. The van der Waals surface area contributed by atoms with E-state index in [1.54, 1.807) is 12.4 Å². The SMILES string of the molecule is Cc1ccc2c(oc3ncccc32)c1-c1ccc(Cc2ccc(-c3c(C)ccc4c3oc3ncccc34)[n+](C)c2)c[n+]1C. The minimum Gasteiger partial charge on any atom is -0.437 e. The van der Waals surface area contributed by atoms with Crippen LogP contribution in [0.5, 0.6) is 0 Å². The average molecular weight is 563 g/mol. The average Bonchev–Trinajstić information content (AvgIpc) is 3.57. The summed E-state index contributed by atoms with van der Waals surface area (Å²) in [5.74, 6) is 0. The Bertz CT molecular complexity index is 2210. The Hall–Kier alpha value is -5.36. The molecule has 0 N–H and O–H groups in total. The van der Waals surface area contributed by atoms with Gasteiger partial charge < -0.3 is 8.83 Å². The maximum atomic E-state index is 6.28. The molecule has 0 aliphatic rings. The van der Waals surface area contributed by atoms with E-state index < -0.39 is 0 Å². The number of aryl methyl sites for hydroxylation is 4. The Morgan fingerprint density at radius 1 is 0.558 bits per heavy atom. The Kier molecular flexibility index (Phi) is 5.66. The first-order valence-electron chi connectivity index (χ1n) is 14.5. The molecule has 6 nitrogen and oxygen atoms in total. The quantitative estimate of drug-likeness (QED) is 0.209. The molecule has 8 rings (SSSR count). The van der Waals surface area contributed by atoms with Crippen molar-refractivity contribution in [1.29, 1.82) is 0 Å². The maximum absolute atomic E-state index is 6.28. The lowest BCUT2D eigenvalue weighted by atomic mass is 9.99. The minimum atomic E-state index is 0.670. The molecule has 0 spiro atoms. The number of aromatic nitrogens is 4. The minimum absolute atomic E-state index is 0.670. The van der Waals surface area contributed by atoms with E-state index in [4.69, 9.17) is 8.83 Å². The zero-order chi connectivity index (χ0) is 29.2. The Morgan fingerprint density at radius 2 is 1.02 bits per heavy atom. The predicted octanol–water partition coefficient (Wildman–Crippen LogP) is 7.47. The van der Waals surface area contributed by atoms with Crippen molar-refractivity contribution in [2.45, 2.75) is 20.3 Å². The van der Waals surface area contributed by atoms with Gasteiger partial charge in [0.05, 0.1) is 11.1 Å². The van der Waals surface area contributed by atoms with Crippen LogP contribution in [0.4, 0.5) is 0 Å². The summed E-state index contributed by atoms with van der Waals surface area (Å²) in [6.45, 7) is 4.27. The molecule has 0 saturated heterocycles. The van der Waals surface area contributed by atoms with Crippen LogP contribution in [0.25, 0.3) is 66.7 Å². The smallest absolute Gasteiger partial charge is 0.227 e. The lowest BCUT2D eigenvalue weighted by molar-refractivity contribution is -0.661. The van der Waals surface area contributed by atoms with Gasteiger partial charge in [-0.25, -0.2) is 19.1 Å². The summed E-state index contributed by atoms with van der Waals surface area (Å²) < 4.78 is 17.0. The second kappa shape index (κ2) is 9.60. The van der Waals surface area contributed by atoms with Crippen molar-refractivity contribution >= 4 is 44.1 Å². The number of fused-ring (bicyclic) bond motifs is 6. The number of rotatable bonds is 4. The standard InChI is InChI=1S/C37H30N4O2/c1-22-9-13-26-28-7-5-17-38-36(28)42-34(26)32(22)30-15-11-24(20-40(30)3)19-25-12-16-31(41(4)21-25)33-23(2)10-14-27-29-8-6-18-39-37(29)43-35(27)33/h5-18,20-21H,19H2,1-4H3/q+2. The van der Waals surface area contributed by atoms with Gasteiger partial charge in [-0.2, -0.15) is 0 Å². The highest BCUT2D eigenvalue weighted by molar-refractivity contribution is 6.09. The van der Waals surface area contributed by atoms with E-state index in [9.17, 15) is 0 Å². The van der Waals surface area contributed by atoms with E-state index in [0.717, 1.165) is 61.6 Å². The van der Waals surface area contributed by atoms with Crippen LogP contribution in [0.2, 0.25) is 0 Å². The zero-order valence-electron chi connectivity index (χ0n) is 24.6. The number of hydrogen-bond acceptors (Lipinski definition) is 4. The Balaban J connectivity index is 1.14. The molecule has 2 aromatic carbocycles. The van der Waals surface area contributed by atoms with Crippen molar-refractivity contribution in [3.8, 4) is 22.5 Å². The summed E-state index contributed by atoms with van der Waals surface area (Å²) in [5, 5.41) is 4.26. The summed E-state index contributed by atoms with van der Waals surface area (Å²) in [6, 6.07) is 25.5. The lowest BCUT2D eigenvalue weighted by Crippen LogP contribution is -2.32. The molecule has 0 unspecified atom stereocenters. The largest absolute Gasteiger partial charge is 0.437 e. The molecule has 0 fully saturated rings. The maximum Gasteiger partial charge on any atom is 0.227 e. The van der Waals surface area contributed by atoms with Crippen LogP contribution in [-0.4, -0.2) is 9.97 Å². The van der Waals surface area contributed by atoms with E-state index in [1.807, 2.05) is 12.1 Å². The summed E-state index contributed by atoms with van der Waals surface area (Å²) in [6.07, 6.45) is 8.80. The third-order valence-electron chi connectivity index (χ3n) is 8.56. The van der Waals surface area contributed by atoms with E-state index in [0.29, 0.717) is 11.4 Å². The van der Waals surface area contributed by atoms with Gasteiger partial charge in [0.1, 0.15) is 14.1 Å². The molecule has 0 bridgehead atoms. The fourth-order valence-corrected chi connectivity index (χ4v) is 6.48. The van der Waals surface area contributed by atoms with Gasteiger partial charge in [0, 0.05) is 63.6 Å². The van der Waals surface area contributed by atoms with Gasteiger partial charge in [-0.15, -0.1) is 0 Å². The number of benzene rings is 2. The Labute approximate surface area is 248 Å². The van der Waals surface area contributed by atoms with Gasteiger partial charge in [-0.1, -0.05) is 24.3 Å². The van der Waals surface area contributed by atoms with Gasteiger partial charge in [0.25, 0.3) is 0 Å². The predicted molar refractivity (Wildman–Crippen MR) is 169 cm³/mol. The first-order chi connectivity index (χ1) is 21.0. The first-order valence-corrected chi connectivity index (χ1v) is 14.5. The van der Waals surface area contributed by atoms with Crippen molar-refractivity contribution in [2.24, 2.45) is 14.1 Å². The van der Waals surface area contributed by atoms with E-state index in [1.165, 1.54) is 22.3 Å². The molecule has 0 aliphatic carbocycles. The molecule has 0 aliphatic heterocycles. The van der Waals surface area contributed by atoms with Crippen LogP contribution < -0.4 is 9.13 Å². The summed E-state index contributed by atoms with van der Waals surface area (Å²) in [7, 11) is 4.21. The van der Waals surface area contributed by atoms with Gasteiger partial charge in [-0.05, 0) is 61.4 Å². The fourth-order valence-electron chi connectivity index (χ4n) is 6.48. The second-order valence-electron chi connectivity index (χ2n) is 11.4. The molecular formula is C37H30N4O2+2. The Morgan fingerprint density at radius 3 is 1.47 bits per heavy atom. The van der Waals surface area contributed by atoms with Crippen LogP contribution in [0.3, 0.4) is 0 Å². The van der Waals surface area contributed by atoms with Crippen LogP contribution in [0.15, 0.2) is 106 Å². The van der Waals surface area contributed by atoms with Crippen molar-refractivity contribution in [1.82, 2.24) is 9.97 Å². The second-order valence-corrected chi connectivity index (χ2v) is 11.4. The highest BCUT2D eigenvalue weighted by atomic mass is 16.3. The molecule has 8 aromatic rings. The molecule has 6 aromatic heterocycles. The fraction of sp³-hybridized carbons (Fsp3) is 0.135. The van der Waals surface area contributed by atoms with Crippen LogP contribution in [0.1, 0.15) is 22.3 Å². The van der Waals surface area contributed by atoms with Gasteiger partial charge in [-0.3, -0.25) is 0 Å². The molecule has 208 valence electrons. The number of hydrogen-bond donors (Lipinski definition) is 0. The lowest BCUT2D eigenvalue weighted by Gasteiger charge is -2.08. The number of pyridine rings is 4. The highest BCUT2D eigenvalue weighted by Crippen LogP contribution is 2.37. The van der Waals surface area contributed by atoms with Gasteiger partial charge in [0.2, 0.25) is 22.8 Å². The summed E-state index contributed by atoms with van der Waals surface area (Å²) >= 11 is 0. The molecule has 6 heteroatoms. The van der Waals surface area contributed by atoms with Crippen LogP contribution >= 0.6 is 0 Å². The van der Waals surface area contributed by atoms with Crippen molar-refractivity contribution in [2.75, 3.05) is 0 Å². The van der Waals surface area contributed by atoms with Crippen molar-refractivity contribution in [3.63, 3.8) is 0 Å². The summed E-state index contributed by atoms with van der Waals surface area (Å²) in [5.41, 5.74) is 12.3. The molecule has 6 heterocycles. The molecule has 0 radical (unpaired) electrons. The van der Waals surface area contributed by atoms with E-state index in [2.05, 4.69) is 120 Å². The van der Waals surface area contributed by atoms with Gasteiger partial charge >= 0.3 is 0 Å². The van der Waals surface area contributed by atoms with Crippen LogP contribution in [0, 0.1) is 13.8 Å². The van der Waals surface area contributed by atoms with E-state index >= 15 is 0 Å². The molecule has 0 saturated carbocycles. The topological polar surface area (TPSA) is 59.8 Å². The van der Waals surface area contributed by atoms with Crippen molar-refractivity contribution < 1.29 is 18.0 Å². The normalized spacial score (nSPS) is 11.8. The molecule has 0 atom stereocenters. The van der Waals surface area contributed by atoms with Crippen LogP contribution in [-0.2, 0) is 20.5 Å². The van der Waals surface area contributed by atoms with Gasteiger partial charge in [0.15, 0.2) is 23.6 Å². The molecule has 0 amide bonds. The van der Waals surface area contributed by atoms with E-state index in [-0.39, 0.29) is 0 Å². The first kappa shape index (κ1) is 25.4. The monoisotopic (exact) mass is 562 g/mol. The van der Waals surface area contributed by atoms with Crippen molar-refractivity contribution in [3.05, 3.63) is 120 Å². The number of furan rings is 2. The third-order valence-corrected chi connectivity index (χ3v) is 8.56.